The molecule has 3 nitrogen and oxygen atoms in total. The third kappa shape index (κ3) is 3.77. The van der Waals surface area contributed by atoms with Crippen LogP contribution in [-0.2, 0) is 13.2 Å². The molecule has 1 heterocycles. The highest BCUT2D eigenvalue weighted by molar-refractivity contribution is 9.10. The van der Waals surface area contributed by atoms with Crippen molar-refractivity contribution in [1.82, 2.24) is 10.3 Å². The van der Waals surface area contributed by atoms with Crippen LogP contribution in [-0.4, -0.2) is 12.0 Å². The van der Waals surface area contributed by atoms with Crippen LogP contribution < -0.4 is 10.1 Å². The third-order valence-electron chi connectivity index (χ3n) is 2.81. The monoisotopic (exact) mass is 338 g/mol. The number of halogens is 2. The maximum atomic E-state index is 13.7. The molecule has 1 aromatic heterocycles. The summed E-state index contributed by atoms with van der Waals surface area (Å²) in [4.78, 5) is 4.42. The van der Waals surface area contributed by atoms with E-state index in [4.69, 9.17) is 4.74 Å². The van der Waals surface area contributed by atoms with Gasteiger partial charge in [-0.2, -0.15) is 0 Å². The van der Waals surface area contributed by atoms with Crippen molar-refractivity contribution in [2.75, 3.05) is 7.05 Å². The zero-order valence-electron chi connectivity index (χ0n) is 11.4. The van der Waals surface area contributed by atoms with Gasteiger partial charge in [-0.3, -0.25) is 4.98 Å². The topological polar surface area (TPSA) is 34.2 Å². The van der Waals surface area contributed by atoms with Crippen LogP contribution in [0.5, 0.6) is 5.75 Å². The molecule has 0 unspecified atom stereocenters. The Morgan fingerprint density at radius 3 is 2.80 bits per heavy atom. The molecular weight excluding hydrogens is 323 g/mol. The molecule has 0 spiro atoms. The van der Waals surface area contributed by atoms with Gasteiger partial charge in [0.2, 0.25) is 0 Å². The number of nitrogens with zero attached hydrogens (tertiary/aromatic N) is 1. The first-order chi connectivity index (χ1) is 9.60. The summed E-state index contributed by atoms with van der Waals surface area (Å²) in [6, 6.07) is 8.68. The van der Waals surface area contributed by atoms with Crippen LogP contribution in [0.1, 0.15) is 17.0 Å². The zero-order valence-corrected chi connectivity index (χ0v) is 13.0. The number of rotatable bonds is 5. The molecule has 1 aromatic carbocycles. The summed E-state index contributed by atoms with van der Waals surface area (Å²) in [5.74, 6) is 0.391. The van der Waals surface area contributed by atoms with E-state index in [0.717, 1.165) is 11.4 Å². The first-order valence-corrected chi connectivity index (χ1v) is 7.07. The second-order valence-electron chi connectivity index (χ2n) is 4.45. The maximum Gasteiger partial charge on any atom is 0.142 e. The molecule has 106 valence electrons. The molecule has 20 heavy (non-hydrogen) atoms. The second kappa shape index (κ2) is 6.81. The Bertz CT molecular complexity index is 604. The smallest absolute Gasteiger partial charge is 0.142 e. The maximum absolute atomic E-state index is 13.7. The summed E-state index contributed by atoms with van der Waals surface area (Å²) in [6.45, 7) is 2.72. The molecule has 5 heteroatoms. The van der Waals surface area contributed by atoms with Crippen molar-refractivity contribution in [3.63, 3.8) is 0 Å². The standard InChI is InChI=1S/C15H16BrFN2O/c1-10-3-6-15(14(19-10)8-18-2)20-9-11-4-5-12(16)7-13(11)17/h3-7,18H,8-9H2,1-2H3. The van der Waals surface area contributed by atoms with Crippen molar-refractivity contribution < 1.29 is 9.13 Å². The Balaban J connectivity index is 2.14. The van der Waals surface area contributed by atoms with Gasteiger partial charge in [-0.25, -0.2) is 4.39 Å². The number of benzene rings is 1. The van der Waals surface area contributed by atoms with Crippen LogP contribution in [0, 0.1) is 12.7 Å². The largest absolute Gasteiger partial charge is 0.487 e. The highest BCUT2D eigenvalue weighted by atomic mass is 79.9. The number of hydrogen-bond donors (Lipinski definition) is 1. The Morgan fingerprint density at radius 1 is 1.30 bits per heavy atom. The SMILES string of the molecule is CNCc1nc(C)ccc1OCc1ccc(Br)cc1F. The van der Waals surface area contributed by atoms with E-state index in [1.54, 1.807) is 12.1 Å². The molecule has 0 atom stereocenters. The van der Waals surface area contributed by atoms with Gasteiger partial charge < -0.3 is 10.1 Å². The minimum atomic E-state index is -0.283. The van der Waals surface area contributed by atoms with E-state index >= 15 is 0 Å². The molecule has 0 aliphatic rings. The van der Waals surface area contributed by atoms with Crippen molar-refractivity contribution in [2.45, 2.75) is 20.1 Å². The van der Waals surface area contributed by atoms with E-state index in [1.165, 1.54) is 6.07 Å². The van der Waals surface area contributed by atoms with Crippen molar-refractivity contribution in [3.8, 4) is 5.75 Å². The van der Waals surface area contributed by atoms with Crippen molar-refractivity contribution in [2.24, 2.45) is 0 Å². The minimum absolute atomic E-state index is 0.181. The van der Waals surface area contributed by atoms with Crippen LogP contribution in [0.4, 0.5) is 4.39 Å². The van der Waals surface area contributed by atoms with Crippen LogP contribution in [0.2, 0.25) is 0 Å². The molecule has 0 radical (unpaired) electrons. The van der Waals surface area contributed by atoms with E-state index < -0.39 is 0 Å². The Morgan fingerprint density at radius 2 is 2.10 bits per heavy atom. The van der Waals surface area contributed by atoms with Gasteiger partial charge in [0.05, 0.1) is 5.69 Å². The van der Waals surface area contributed by atoms with Gasteiger partial charge in [0.1, 0.15) is 18.2 Å². The average molecular weight is 339 g/mol. The molecule has 0 bridgehead atoms. The van der Waals surface area contributed by atoms with Crippen LogP contribution in [0.25, 0.3) is 0 Å². The summed E-state index contributed by atoms with van der Waals surface area (Å²) in [5, 5.41) is 3.05. The lowest BCUT2D eigenvalue weighted by Crippen LogP contribution is -2.10. The average Bonchev–Trinajstić information content (AvgIpc) is 2.40. The quantitative estimate of drug-likeness (QED) is 0.904. The van der Waals surface area contributed by atoms with E-state index in [1.807, 2.05) is 26.1 Å². The van der Waals surface area contributed by atoms with Crippen LogP contribution in [0.15, 0.2) is 34.8 Å². The molecule has 0 saturated heterocycles. The molecule has 0 fully saturated rings. The van der Waals surface area contributed by atoms with Gasteiger partial charge in [0.25, 0.3) is 0 Å². The summed E-state index contributed by atoms with van der Waals surface area (Å²) in [5.41, 5.74) is 2.27. The third-order valence-corrected chi connectivity index (χ3v) is 3.31. The Kier molecular flexibility index (Phi) is 5.09. The van der Waals surface area contributed by atoms with E-state index in [0.29, 0.717) is 22.3 Å². The predicted octanol–water partition coefficient (Wildman–Crippen LogP) is 3.59. The molecular formula is C15H16BrFN2O. The zero-order chi connectivity index (χ0) is 14.5. The summed E-state index contributed by atoms with van der Waals surface area (Å²) < 4.78 is 20.1. The van der Waals surface area contributed by atoms with E-state index in [-0.39, 0.29) is 12.4 Å². The first-order valence-electron chi connectivity index (χ1n) is 6.28. The van der Waals surface area contributed by atoms with Crippen molar-refractivity contribution in [1.29, 1.82) is 0 Å². The van der Waals surface area contributed by atoms with E-state index in [9.17, 15) is 4.39 Å². The minimum Gasteiger partial charge on any atom is -0.487 e. The molecule has 0 saturated carbocycles. The summed E-state index contributed by atoms with van der Waals surface area (Å²) in [6.07, 6.45) is 0. The lowest BCUT2D eigenvalue weighted by Gasteiger charge is -2.12. The molecule has 2 rings (SSSR count). The Hall–Kier alpha value is -1.46. The van der Waals surface area contributed by atoms with Gasteiger partial charge in [0, 0.05) is 22.3 Å². The fourth-order valence-corrected chi connectivity index (χ4v) is 2.15. The first kappa shape index (κ1) is 14.9. The van der Waals surface area contributed by atoms with Crippen LogP contribution >= 0.6 is 15.9 Å². The van der Waals surface area contributed by atoms with Gasteiger partial charge in [-0.1, -0.05) is 22.0 Å². The van der Waals surface area contributed by atoms with Gasteiger partial charge >= 0.3 is 0 Å². The Labute approximate surface area is 126 Å². The molecule has 1 N–H and O–H groups in total. The number of aromatic nitrogens is 1. The van der Waals surface area contributed by atoms with Gasteiger partial charge in [-0.05, 0) is 38.2 Å². The second-order valence-corrected chi connectivity index (χ2v) is 5.37. The highest BCUT2D eigenvalue weighted by Crippen LogP contribution is 2.20. The summed E-state index contributed by atoms with van der Waals surface area (Å²) in [7, 11) is 1.85. The number of aryl methyl sites for hydroxylation is 1. The fourth-order valence-electron chi connectivity index (χ4n) is 1.82. The number of ether oxygens (including phenoxy) is 1. The number of pyridine rings is 1. The lowest BCUT2D eigenvalue weighted by atomic mass is 10.2. The van der Waals surface area contributed by atoms with Gasteiger partial charge in [0.15, 0.2) is 0 Å². The molecule has 0 aliphatic heterocycles. The van der Waals surface area contributed by atoms with Gasteiger partial charge in [-0.15, -0.1) is 0 Å². The van der Waals surface area contributed by atoms with E-state index in [2.05, 4.69) is 26.2 Å². The molecule has 0 aliphatic carbocycles. The van der Waals surface area contributed by atoms with Crippen molar-refractivity contribution >= 4 is 15.9 Å². The highest BCUT2D eigenvalue weighted by Gasteiger charge is 2.08. The molecule has 2 aromatic rings. The van der Waals surface area contributed by atoms with Crippen LogP contribution in [0.3, 0.4) is 0 Å². The summed E-state index contributed by atoms with van der Waals surface area (Å²) >= 11 is 3.23. The predicted molar refractivity (Wildman–Crippen MR) is 80.2 cm³/mol. The van der Waals surface area contributed by atoms with Crippen molar-refractivity contribution in [3.05, 3.63) is 57.6 Å². The number of hydrogen-bond acceptors (Lipinski definition) is 3. The fraction of sp³-hybridized carbons (Fsp3) is 0.267. The number of nitrogens with one attached hydrogen (secondary N) is 1. The molecule has 0 amide bonds. The lowest BCUT2D eigenvalue weighted by molar-refractivity contribution is 0.294. The normalized spacial score (nSPS) is 10.6.